The minimum absolute atomic E-state index is 0.186. The van der Waals surface area contributed by atoms with Gasteiger partial charge in [0, 0.05) is 23.8 Å². The summed E-state index contributed by atoms with van der Waals surface area (Å²) >= 11 is 0. The van der Waals surface area contributed by atoms with E-state index in [9.17, 15) is 0 Å². The molecule has 2 rings (SSSR count). The van der Waals surface area contributed by atoms with Crippen LogP contribution in [0.25, 0.3) is 5.69 Å². The van der Waals surface area contributed by atoms with E-state index in [1.165, 1.54) is 0 Å². The molecule has 0 aliphatic carbocycles. The van der Waals surface area contributed by atoms with Crippen LogP contribution in [0.1, 0.15) is 38.3 Å². The first-order chi connectivity index (χ1) is 9.74. The zero-order valence-electron chi connectivity index (χ0n) is 12.0. The fourth-order valence-electron chi connectivity index (χ4n) is 2.16. The second kappa shape index (κ2) is 6.88. The Kier molecular flexibility index (Phi) is 4.91. The number of nitrogens with one attached hydrogen (secondary N) is 1. The Balaban J connectivity index is 2.07. The van der Waals surface area contributed by atoms with Crippen molar-refractivity contribution in [2.75, 3.05) is 0 Å². The molecule has 4 nitrogen and oxygen atoms in total. The van der Waals surface area contributed by atoms with Gasteiger partial charge < -0.3 is 5.32 Å². The van der Waals surface area contributed by atoms with Crippen LogP contribution in [0.3, 0.4) is 0 Å². The highest BCUT2D eigenvalue weighted by atomic mass is 15.3. The molecule has 2 unspecified atom stereocenters. The fourth-order valence-corrected chi connectivity index (χ4v) is 2.16. The first kappa shape index (κ1) is 14.3. The van der Waals surface area contributed by atoms with Gasteiger partial charge in [0.25, 0.3) is 0 Å². The number of para-hydroxylation sites is 1. The van der Waals surface area contributed by atoms with Crippen molar-refractivity contribution in [3.05, 3.63) is 48.3 Å². The van der Waals surface area contributed by atoms with Crippen LogP contribution in [0.15, 0.2) is 42.7 Å². The molecule has 0 spiro atoms. The summed E-state index contributed by atoms with van der Waals surface area (Å²) < 4.78 is 1.87. The molecule has 20 heavy (non-hydrogen) atoms. The maximum absolute atomic E-state index is 8.80. The third-order valence-corrected chi connectivity index (χ3v) is 3.44. The zero-order valence-corrected chi connectivity index (χ0v) is 12.0. The molecule has 0 saturated carbocycles. The summed E-state index contributed by atoms with van der Waals surface area (Å²) in [6, 6.07) is 12.7. The van der Waals surface area contributed by atoms with Crippen molar-refractivity contribution in [3.63, 3.8) is 0 Å². The molecule has 1 aromatic heterocycles. The van der Waals surface area contributed by atoms with Gasteiger partial charge in [0.05, 0.1) is 24.4 Å². The summed E-state index contributed by atoms with van der Waals surface area (Å²) in [5.41, 5.74) is 2.18. The lowest BCUT2D eigenvalue weighted by molar-refractivity contribution is 0.448. The van der Waals surface area contributed by atoms with Crippen LogP contribution in [0, 0.1) is 11.3 Å². The minimum Gasteiger partial charge on any atom is -0.306 e. The van der Waals surface area contributed by atoms with Crippen molar-refractivity contribution in [1.29, 1.82) is 5.26 Å². The van der Waals surface area contributed by atoms with Crippen LogP contribution in [-0.2, 0) is 0 Å². The molecule has 0 saturated heterocycles. The van der Waals surface area contributed by atoms with Crippen LogP contribution in [-0.4, -0.2) is 15.8 Å². The number of nitriles is 1. The van der Waals surface area contributed by atoms with Crippen LogP contribution < -0.4 is 5.32 Å². The van der Waals surface area contributed by atoms with Crippen molar-refractivity contribution >= 4 is 0 Å². The summed E-state index contributed by atoms with van der Waals surface area (Å²) in [4.78, 5) is 0. The predicted octanol–water partition coefficient (Wildman–Crippen LogP) is 3.22. The standard InChI is InChI=1S/C16H20N4/c1-3-15(9-10-17)19-13(2)14-11-18-20(12-14)16-7-5-4-6-8-16/h4-8,11-13,15,19H,3,9H2,1-2H3. The summed E-state index contributed by atoms with van der Waals surface area (Å²) in [6.07, 6.45) is 5.40. The monoisotopic (exact) mass is 268 g/mol. The van der Waals surface area contributed by atoms with E-state index in [-0.39, 0.29) is 12.1 Å². The molecule has 104 valence electrons. The summed E-state index contributed by atoms with van der Waals surface area (Å²) in [5, 5.41) is 16.7. The smallest absolute Gasteiger partial charge is 0.0645 e. The average Bonchev–Trinajstić information content (AvgIpc) is 2.97. The number of aromatic nitrogens is 2. The van der Waals surface area contributed by atoms with Gasteiger partial charge in [-0.15, -0.1) is 0 Å². The molecule has 1 N–H and O–H groups in total. The topological polar surface area (TPSA) is 53.6 Å². The Morgan fingerprint density at radius 3 is 2.75 bits per heavy atom. The molecule has 0 fully saturated rings. The molecule has 2 atom stereocenters. The SMILES string of the molecule is CCC(CC#N)NC(C)c1cnn(-c2ccccc2)c1. The third kappa shape index (κ3) is 3.46. The van der Waals surface area contributed by atoms with Crippen molar-refractivity contribution in [2.24, 2.45) is 0 Å². The average molecular weight is 268 g/mol. The molecule has 0 aliphatic heterocycles. The van der Waals surface area contributed by atoms with E-state index in [0.29, 0.717) is 6.42 Å². The Bertz CT molecular complexity index is 568. The Morgan fingerprint density at radius 1 is 1.35 bits per heavy atom. The summed E-state index contributed by atoms with van der Waals surface area (Å²) in [5.74, 6) is 0. The van der Waals surface area contributed by atoms with E-state index in [4.69, 9.17) is 5.26 Å². The summed E-state index contributed by atoms with van der Waals surface area (Å²) in [6.45, 7) is 4.20. The first-order valence-electron chi connectivity index (χ1n) is 6.97. The van der Waals surface area contributed by atoms with E-state index in [1.54, 1.807) is 0 Å². The molecular formula is C16H20N4. The molecule has 4 heteroatoms. The second-order valence-corrected chi connectivity index (χ2v) is 4.91. The van der Waals surface area contributed by atoms with Gasteiger partial charge >= 0.3 is 0 Å². The quantitative estimate of drug-likeness (QED) is 0.875. The van der Waals surface area contributed by atoms with E-state index in [1.807, 2.05) is 47.4 Å². The van der Waals surface area contributed by atoms with Gasteiger partial charge in [-0.25, -0.2) is 4.68 Å². The number of hydrogen-bond acceptors (Lipinski definition) is 3. The molecule has 0 bridgehead atoms. The largest absolute Gasteiger partial charge is 0.306 e. The minimum atomic E-state index is 0.186. The lowest BCUT2D eigenvalue weighted by Gasteiger charge is -2.19. The van der Waals surface area contributed by atoms with Crippen LogP contribution >= 0.6 is 0 Å². The first-order valence-corrected chi connectivity index (χ1v) is 6.97. The molecule has 2 aromatic rings. The normalized spacial score (nSPS) is 13.7. The molecule has 1 aromatic carbocycles. The van der Waals surface area contributed by atoms with Crippen LogP contribution in [0.2, 0.25) is 0 Å². The lowest BCUT2D eigenvalue weighted by Crippen LogP contribution is -2.30. The van der Waals surface area contributed by atoms with Gasteiger partial charge in [0.2, 0.25) is 0 Å². The molecule has 0 aliphatic rings. The number of benzene rings is 1. The molecule has 0 amide bonds. The van der Waals surface area contributed by atoms with E-state index in [2.05, 4.69) is 30.3 Å². The van der Waals surface area contributed by atoms with E-state index in [0.717, 1.165) is 17.7 Å². The molecule has 0 radical (unpaired) electrons. The lowest BCUT2D eigenvalue weighted by atomic mass is 10.1. The highest BCUT2D eigenvalue weighted by molar-refractivity contribution is 5.31. The number of nitrogens with zero attached hydrogens (tertiary/aromatic N) is 3. The van der Waals surface area contributed by atoms with Crippen molar-refractivity contribution in [1.82, 2.24) is 15.1 Å². The van der Waals surface area contributed by atoms with E-state index >= 15 is 0 Å². The van der Waals surface area contributed by atoms with Gasteiger partial charge in [-0.3, -0.25) is 0 Å². The maximum atomic E-state index is 8.80. The number of rotatable bonds is 6. The molecule has 1 heterocycles. The van der Waals surface area contributed by atoms with Gasteiger partial charge in [-0.2, -0.15) is 10.4 Å². The summed E-state index contributed by atoms with van der Waals surface area (Å²) in [7, 11) is 0. The maximum Gasteiger partial charge on any atom is 0.0645 e. The number of hydrogen-bond donors (Lipinski definition) is 1. The van der Waals surface area contributed by atoms with Crippen LogP contribution in [0.5, 0.6) is 0 Å². The van der Waals surface area contributed by atoms with Gasteiger partial charge in [-0.05, 0) is 25.5 Å². The predicted molar refractivity (Wildman–Crippen MR) is 79.4 cm³/mol. The highest BCUT2D eigenvalue weighted by Gasteiger charge is 2.13. The van der Waals surface area contributed by atoms with Crippen molar-refractivity contribution < 1.29 is 0 Å². The molecular weight excluding hydrogens is 248 g/mol. The van der Waals surface area contributed by atoms with Gasteiger partial charge in [-0.1, -0.05) is 25.1 Å². The van der Waals surface area contributed by atoms with Crippen molar-refractivity contribution in [2.45, 2.75) is 38.8 Å². The van der Waals surface area contributed by atoms with Gasteiger partial charge in [0.15, 0.2) is 0 Å². The third-order valence-electron chi connectivity index (χ3n) is 3.44. The Labute approximate surface area is 120 Å². The van der Waals surface area contributed by atoms with E-state index < -0.39 is 0 Å². The second-order valence-electron chi connectivity index (χ2n) is 4.91. The van der Waals surface area contributed by atoms with Crippen LogP contribution in [0.4, 0.5) is 0 Å². The van der Waals surface area contributed by atoms with Crippen molar-refractivity contribution in [3.8, 4) is 11.8 Å². The van der Waals surface area contributed by atoms with Gasteiger partial charge in [0.1, 0.15) is 0 Å². The fraction of sp³-hybridized carbons (Fsp3) is 0.375. The zero-order chi connectivity index (χ0) is 14.4. The Hall–Kier alpha value is -2.12. The Morgan fingerprint density at radius 2 is 2.10 bits per heavy atom. The highest BCUT2D eigenvalue weighted by Crippen LogP contribution is 2.16.